The first-order chi connectivity index (χ1) is 18.8. The SMILES string of the molecule is Cc1cccc([C@@](O)(C(=O)N2CCC(CC3CCN(c4ccc(C(O)N(C)C)c(Cl)n4)CC3)CC2)C(F)(F)F)c1. The molecular formula is C29H38ClF3N4O3. The van der Waals surface area contributed by atoms with E-state index in [0.717, 1.165) is 44.2 Å². The normalized spacial score (nSPS) is 20.1. The first kappa shape index (κ1) is 30.6. The molecule has 2 atom stereocenters. The summed E-state index contributed by atoms with van der Waals surface area (Å²) < 4.78 is 42.1. The molecule has 0 saturated carbocycles. The van der Waals surface area contributed by atoms with Gasteiger partial charge < -0.3 is 20.0 Å². The number of aliphatic hydroxyl groups is 2. The number of alkyl halides is 3. The van der Waals surface area contributed by atoms with E-state index in [1.807, 2.05) is 6.07 Å². The average Bonchev–Trinajstić information content (AvgIpc) is 2.92. The fourth-order valence-corrected chi connectivity index (χ4v) is 6.08. The van der Waals surface area contributed by atoms with Crippen molar-refractivity contribution in [2.45, 2.75) is 57.0 Å². The van der Waals surface area contributed by atoms with Crippen molar-refractivity contribution in [2.24, 2.45) is 11.8 Å². The van der Waals surface area contributed by atoms with Gasteiger partial charge in [0.15, 0.2) is 0 Å². The van der Waals surface area contributed by atoms with E-state index < -0.39 is 29.5 Å². The van der Waals surface area contributed by atoms with Crippen LogP contribution in [0.3, 0.4) is 0 Å². The largest absolute Gasteiger partial charge is 0.430 e. The van der Waals surface area contributed by atoms with Crippen molar-refractivity contribution in [1.29, 1.82) is 0 Å². The molecule has 1 aromatic heterocycles. The van der Waals surface area contributed by atoms with Gasteiger partial charge in [-0.05, 0) is 77.1 Å². The summed E-state index contributed by atoms with van der Waals surface area (Å²) in [5, 5.41) is 21.3. The number of hydrogen-bond donors (Lipinski definition) is 2. The zero-order valence-electron chi connectivity index (χ0n) is 23.2. The number of aryl methyl sites for hydroxylation is 1. The fourth-order valence-electron chi connectivity index (χ4n) is 5.83. The number of anilines is 1. The first-order valence-electron chi connectivity index (χ1n) is 13.7. The van der Waals surface area contributed by atoms with E-state index in [1.165, 1.54) is 17.0 Å². The van der Waals surface area contributed by atoms with Crippen molar-refractivity contribution in [3.05, 3.63) is 58.2 Å². The number of carbonyl (C=O) groups excluding carboxylic acids is 1. The van der Waals surface area contributed by atoms with Gasteiger partial charge in [0.2, 0.25) is 0 Å². The maximum atomic E-state index is 14.0. The smallest absolute Gasteiger partial charge is 0.374 e. The highest BCUT2D eigenvalue weighted by Gasteiger charge is 2.62. The molecule has 2 aliphatic rings. The number of nitrogens with zero attached hydrogens (tertiary/aromatic N) is 4. The minimum absolute atomic E-state index is 0.195. The molecule has 1 amide bonds. The van der Waals surface area contributed by atoms with Gasteiger partial charge in [-0.15, -0.1) is 0 Å². The van der Waals surface area contributed by atoms with Crippen LogP contribution in [0.1, 0.15) is 55.0 Å². The number of halogens is 4. The molecule has 1 aromatic carbocycles. The number of benzene rings is 1. The van der Waals surface area contributed by atoms with E-state index in [1.54, 1.807) is 38.1 Å². The lowest BCUT2D eigenvalue weighted by atomic mass is 9.82. The van der Waals surface area contributed by atoms with Crippen LogP contribution in [0, 0.1) is 18.8 Å². The van der Waals surface area contributed by atoms with Crippen LogP contribution in [0.2, 0.25) is 5.15 Å². The summed E-state index contributed by atoms with van der Waals surface area (Å²) in [5.41, 5.74) is -2.91. The van der Waals surface area contributed by atoms with E-state index in [4.69, 9.17) is 11.6 Å². The predicted molar refractivity (Wildman–Crippen MR) is 148 cm³/mol. The number of aliphatic hydroxyl groups excluding tert-OH is 1. The Hall–Kier alpha value is -2.40. The summed E-state index contributed by atoms with van der Waals surface area (Å²) >= 11 is 6.34. The van der Waals surface area contributed by atoms with Crippen LogP contribution in [-0.4, -0.2) is 77.4 Å². The van der Waals surface area contributed by atoms with Crippen molar-refractivity contribution >= 4 is 23.3 Å². The number of hydrogen-bond acceptors (Lipinski definition) is 6. The second-order valence-corrected chi connectivity index (χ2v) is 11.7. The Morgan fingerprint density at radius 2 is 1.68 bits per heavy atom. The molecule has 11 heteroatoms. The first-order valence-corrected chi connectivity index (χ1v) is 14.1. The molecule has 4 rings (SSSR count). The fraction of sp³-hybridized carbons (Fsp3) is 0.586. The van der Waals surface area contributed by atoms with Crippen molar-refractivity contribution in [1.82, 2.24) is 14.8 Å². The van der Waals surface area contributed by atoms with Crippen LogP contribution in [-0.2, 0) is 10.4 Å². The Balaban J connectivity index is 1.30. The molecule has 3 heterocycles. The molecule has 0 radical (unpaired) electrons. The monoisotopic (exact) mass is 582 g/mol. The molecule has 220 valence electrons. The Kier molecular flexibility index (Phi) is 9.34. The summed E-state index contributed by atoms with van der Waals surface area (Å²) in [5.74, 6) is 0.273. The Morgan fingerprint density at radius 1 is 1.07 bits per heavy atom. The van der Waals surface area contributed by atoms with Crippen molar-refractivity contribution in [3.8, 4) is 0 Å². The van der Waals surface area contributed by atoms with E-state index in [9.17, 15) is 28.2 Å². The summed E-state index contributed by atoms with van der Waals surface area (Å²) in [6.07, 6.45) is -1.86. The summed E-state index contributed by atoms with van der Waals surface area (Å²) in [7, 11) is 3.52. The van der Waals surface area contributed by atoms with Crippen LogP contribution in [0.15, 0.2) is 36.4 Å². The number of aromatic nitrogens is 1. The number of carbonyl (C=O) groups is 1. The molecule has 2 aliphatic heterocycles. The molecule has 0 bridgehead atoms. The predicted octanol–water partition coefficient (Wildman–Crippen LogP) is 4.89. The minimum atomic E-state index is -5.13. The average molecular weight is 583 g/mol. The third-order valence-corrected chi connectivity index (χ3v) is 8.60. The highest BCUT2D eigenvalue weighted by molar-refractivity contribution is 6.30. The third-order valence-electron chi connectivity index (χ3n) is 8.29. The lowest BCUT2D eigenvalue weighted by Gasteiger charge is -2.40. The Labute approximate surface area is 238 Å². The van der Waals surface area contributed by atoms with E-state index in [0.29, 0.717) is 35.8 Å². The molecule has 2 aromatic rings. The van der Waals surface area contributed by atoms with Gasteiger partial charge in [-0.1, -0.05) is 41.4 Å². The van der Waals surface area contributed by atoms with Crippen LogP contribution in [0.5, 0.6) is 0 Å². The number of piperidine rings is 2. The molecule has 2 N–H and O–H groups in total. The second kappa shape index (κ2) is 12.2. The second-order valence-electron chi connectivity index (χ2n) is 11.4. The highest BCUT2D eigenvalue weighted by Crippen LogP contribution is 2.42. The lowest BCUT2D eigenvalue weighted by molar-refractivity contribution is -0.262. The van der Waals surface area contributed by atoms with E-state index in [-0.39, 0.29) is 18.2 Å². The number of pyridine rings is 1. The van der Waals surface area contributed by atoms with Gasteiger partial charge in [0.25, 0.3) is 11.5 Å². The number of likely N-dealkylation sites (tertiary alicyclic amines) is 1. The van der Waals surface area contributed by atoms with E-state index >= 15 is 0 Å². The zero-order valence-corrected chi connectivity index (χ0v) is 23.9. The summed E-state index contributed by atoms with van der Waals surface area (Å²) in [6, 6.07) is 9.09. The number of rotatable bonds is 7. The summed E-state index contributed by atoms with van der Waals surface area (Å²) in [6.45, 7) is 3.64. The van der Waals surface area contributed by atoms with Crippen LogP contribution in [0.4, 0.5) is 19.0 Å². The van der Waals surface area contributed by atoms with Crippen molar-refractivity contribution in [2.75, 3.05) is 45.2 Å². The molecule has 2 fully saturated rings. The van der Waals surface area contributed by atoms with Gasteiger partial charge in [0.05, 0.1) is 0 Å². The van der Waals surface area contributed by atoms with Gasteiger partial charge >= 0.3 is 6.18 Å². The molecule has 2 saturated heterocycles. The zero-order chi connectivity index (χ0) is 29.2. The van der Waals surface area contributed by atoms with Crippen molar-refractivity contribution < 1.29 is 28.2 Å². The van der Waals surface area contributed by atoms with Gasteiger partial charge in [-0.2, -0.15) is 13.2 Å². The van der Waals surface area contributed by atoms with Crippen molar-refractivity contribution in [3.63, 3.8) is 0 Å². The maximum Gasteiger partial charge on any atom is 0.430 e. The molecule has 1 unspecified atom stereocenters. The van der Waals surface area contributed by atoms with Crippen LogP contribution >= 0.6 is 11.6 Å². The molecule has 0 aliphatic carbocycles. The van der Waals surface area contributed by atoms with Crippen LogP contribution in [0.25, 0.3) is 0 Å². The van der Waals surface area contributed by atoms with Gasteiger partial charge in [0.1, 0.15) is 17.2 Å². The Bertz CT molecular complexity index is 1180. The third kappa shape index (κ3) is 6.40. The quantitative estimate of drug-likeness (QED) is 0.357. The molecular weight excluding hydrogens is 545 g/mol. The molecule has 0 spiro atoms. The number of amides is 1. The Morgan fingerprint density at radius 3 is 2.20 bits per heavy atom. The maximum absolute atomic E-state index is 14.0. The van der Waals surface area contributed by atoms with Gasteiger partial charge in [-0.3, -0.25) is 9.69 Å². The standard InChI is InChI=1S/C29H38ClF3N4O3/c1-19-5-4-6-22(17-19)28(40,29(31,32)33)27(39)37-15-11-21(12-16-37)18-20-9-13-36(14-10-20)24-8-7-23(25(30)34-24)26(38)35(2)3/h4-8,17,20-21,26,38,40H,9-16,18H2,1-3H3/t26?,28-/m1/s1. The topological polar surface area (TPSA) is 80.1 Å². The van der Waals surface area contributed by atoms with Gasteiger partial charge in [0, 0.05) is 37.3 Å². The molecule has 7 nitrogen and oxygen atoms in total. The lowest BCUT2D eigenvalue weighted by Crippen LogP contribution is -2.57. The van der Waals surface area contributed by atoms with Gasteiger partial charge in [-0.25, -0.2) is 4.98 Å². The molecule has 40 heavy (non-hydrogen) atoms. The highest BCUT2D eigenvalue weighted by atomic mass is 35.5. The van der Waals surface area contributed by atoms with E-state index in [2.05, 4.69) is 9.88 Å². The van der Waals surface area contributed by atoms with Crippen LogP contribution < -0.4 is 4.90 Å². The summed E-state index contributed by atoms with van der Waals surface area (Å²) in [4.78, 5) is 22.6. The minimum Gasteiger partial charge on any atom is -0.374 e.